The van der Waals surface area contributed by atoms with Crippen molar-refractivity contribution in [3.05, 3.63) is 95.1 Å². The van der Waals surface area contributed by atoms with Crippen LogP contribution < -0.4 is 0 Å². The van der Waals surface area contributed by atoms with Gasteiger partial charge >= 0.3 is 29.8 Å². The molecule has 56 heavy (non-hydrogen) atoms. The van der Waals surface area contributed by atoms with E-state index in [1.165, 1.54) is 20.8 Å². The van der Waals surface area contributed by atoms with Gasteiger partial charge in [-0.2, -0.15) is 0 Å². The molecular formula is C44H55NO11. The van der Waals surface area contributed by atoms with Crippen LogP contribution in [0.1, 0.15) is 96.1 Å². The summed E-state index contributed by atoms with van der Waals surface area (Å²) in [7, 11) is 3.75. The SMILES string of the molecule is C=C1C2C[C@]3(C(C)(C)O)C[C@H](OC(C)=O)C(C)=C3[C@@H](OC(=O)c3ccccc3)[C@H](OC(C)=O)[C@]2(C)[C@@H](OC(C)=O)C[C@@H]1OC(=O)C[C@@H](c1ccccc1)N(C)C. The third-order valence-electron chi connectivity index (χ3n) is 12.2. The maximum Gasteiger partial charge on any atom is 0.338 e. The lowest BCUT2D eigenvalue weighted by Crippen LogP contribution is -2.60. The molecule has 12 nitrogen and oxygen atoms in total. The standard InChI is InChI=1S/C44H55NO11/c1-25-32-23-44(42(6,7)51)24-35(52-27(3)46)26(2)38(44)39(56-41(50)31-19-15-12-16-20-31)40(54-29(5)48)43(32,8)36(53-28(4)47)22-34(25)55-37(49)21-33(45(9)10)30-17-13-11-14-18-30/h11-20,32-36,39-40,51H,1,21-24H2,2-10H3/t32?,33-,34-,35-,36-,39+,40-,43-,44-/m0/s1. The Morgan fingerprint density at radius 2 is 1.41 bits per heavy atom. The lowest BCUT2D eigenvalue weighted by molar-refractivity contribution is -0.198. The molecule has 1 N–H and O–H groups in total. The minimum atomic E-state index is -1.57. The summed E-state index contributed by atoms with van der Waals surface area (Å²) in [5.74, 6) is -3.89. The fraction of sp³-hybridized carbons (Fsp3) is 0.523. The van der Waals surface area contributed by atoms with Crippen molar-refractivity contribution in [2.24, 2.45) is 16.7 Å². The second kappa shape index (κ2) is 16.3. The number of fused-ring (bicyclic) bond motifs is 2. The number of rotatable bonds is 11. The molecule has 2 fully saturated rings. The average molecular weight is 774 g/mol. The third kappa shape index (κ3) is 8.18. The van der Waals surface area contributed by atoms with Crippen LogP contribution in [-0.4, -0.2) is 90.1 Å². The fourth-order valence-electron chi connectivity index (χ4n) is 9.37. The van der Waals surface area contributed by atoms with E-state index in [-0.39, 0.29) is 37.3 Å². The van der Waals surface area contributed by atoms with E-state index >= 15 is 0 Å². The van der Waals surface area contributed by atoms with E-state index in [0.29, 0.717) is 16.7 Å². The fourth-order valence-corrected chi connectivity index (χ4v) is 9.37. The quantitative estimate of drug-likeness (QED) is 0.160. The van der Waals surface area contributed by atoms with E-state index in [1.54, 1.807) is 58.0 Å². The van der Waals surface area contributed by atoms with Gasteiger partial charge in [0.05, 0.1) is 23.0 Å². The molecule has 2 aromatic carbocycles. The Morgan fingerprint density at radius 1 is 0.839 bits per heavy atom. The Labute approximate surface area is 329 Å². The predicted octanol–water partition coefficient (Wildman–Crippen LogP) is 6.08. The lowest BCUT2D eigenvalue weighted by Gasteiger charge is -2.53. The number of hydrogen-bond acceptors (Lipinski definition) is 12. The highest BCUT2D eigenvalue weighted by Gasteiger charge is 2.69. The zero-order valence-electron chi connectivity index (χ0n) is 33.8. The highest BCUT2D eigenvalue weighted by molar-refractivity contribution is 5.89. The van der Waals surface area contributed by atoms with E-state index in [9.17, 15) is 29.1 Å². The highest BCUT2D eigenvalue weighted by atomic mass is 16.6. The molecule has 302 valence electrons. The lowest BCUT2D eigenvalue weighted by atomic mass is 9.56. The summed E-state index contributed by atoms with van der Waals surface area (Å²) in [4.78, 5) is 68.5. The maximum atomic E-state index is 14.1. The van der Waals surface area contributed by atoms with E-state index < -0.39 is 82.7 Å². The van der Waals surface area contributed by atoms with Gasteiger partial charge in [0.1, 0.15) is 18.3 Å². The van der Waals surface area contributed by atoms with E-state index in [4.69, 9.17) is 23.7 Å². The second-order valence-corrected chi connectivity index (χ2v) is 16.4. The molecule has 2 aromatic rings. The van der Waals surface area contributed by atoms with Gasteiger partial charge in [0, 0.05) is 45.1 Å². The number of nitrogens with zero attached hydrogens (tertiary/aromatic N) is 1. The number of aliphatic hydroxyl groups is 1. The first-order valence-corrected chi connectivity index (χ1v) is 19.0. The van der Waals surface area contributed by atoms with Crippen LogP contribution in [0.4, 0.5) is 0 Å². The first-order chi connectivity index (χ1) is 26.2. The maximum absolute atomic E-state index is 14.1. The van der Waals surface area contributed by atoms with Crippen LogP contribution in [-0.2, 0) is 42.9 Å². The molecule has 0 bridgehead atoms. The molecule has 0 saturated heterocycles. The van der Waals surface area contributed by atoms with Crippen molar-refractivity contribution < 1.29 is 52.8 Å². The minimum absolute atomic E-state index is 0.0122. The zero-order chi connectivity index (χ0) is 41.3. The molecule has 0 aliphatic heterocycles. The average Bonchev–Trinajstić information content (AvgIpc) is 3.35. The molecule has 3 aliphatic carbocycles. The first-order valence-electron chi connectivity index (χ1n) is 19.0. The monoisotopic (exact) mass is 773 g/mol. The molecule has 1 unspecified atom stereocenters. The molecule has 2 saturated carbocycles. The molecule has 9 atom stereocenters. The second-order valence-electron chi connectivity index (χ2n) is 16.4. The van der Waals surface area contributed by atoms with E-state index in [0.717, 1.165) is 5.56 Å². The molecule has 0 spiro atoms. The molecule has 0 amide bonds. The van der Waals surface area contributed by atoms with Crippen LogP contribution in [0, 0.1) is 16.7 Å². The Kier molecular flexibility index (Phi) is 12.4. The van der Waals surface area contributed by atoms with E-state index in [1.807, 2.05) is 49.3 Å². The Balaban J connectivity index is 1.70. The van der Waals surface area contributed by atoms with Crippen LogP contribution in [0.5, 0.6) is 0 Å². The molecule has 3 aliphatic rings. The normalized spacial score (nSPS) is 29.3. The van der Waals surface area contributed by atoms with Gasteiger partial charge in [0.2, 0.25) is 0 Å². The van der Waals surface area contributed by atoms with Gasteiger partial charge < -0.3 is 33.7 Å². The van der Waals surface area contributed by atoms with Gasteiger partial charge in [-0.1, -0.05) is 62.0 Å². The van der Waals surface area contributed by atoms with Crippen LogP contribution >= 0.6 is 0 Å². The molecule has 12 heteroatoms. The Morgan fingerprint density at radius 3 is 1.95 bits per heavy atom. The summed E-state index contributed by atoms with van der Waals surface area (Å²) >= 11 is 0. The van der Waals surface area contributed by atoms with Crippen molar-refractivity contribution in [2.75, 3.05) is 14.1 Å². The smallest absolute Gasteiger partial charge is 0.338 e. The topological polar surface area (TPSA) is 155 Å². The van der Waals surface area contributed by atoms with Gasteiger partial charge in [-0.05, 0) is 81.6 Å². The summed E-state index contributed by atoms with van der Waals surface area (Å²) in [5.41, 5.74) is -1.66. The van der Waals surface area contributed by atoms with Crippen LogP contribution in [0.3, 0.4) is 0 Å². The molecule has 0 heterocycles. The first kappa shape index (κ1) is 42.3. The Bertz CT molecular complexity index is 1870. The highest BCUT2D eigenvalue weighted by Crippen LogP contribution is 2.65. The van der Waals surface area contributed by atoms with Crippen molar-refractivity contribution in [3.8, 4) is 0 Å². The predicted molar refractivity (Wildman–Crippen MR) is 206 cm³/mol. The van der Waals surface area contributed by atoms with Crippen molar-refractivity contribution in [2.45, 2.75) is 116 Å². The molecular weight excluding hydrogens is 718 g/mol. The van der Waals surface area contributed by atoms with Gasteiger partial charge in [-0.15, -0.1) is 0 Å². The summed E-state index contributed by atoms with van der Waals surface area (Å²) in [6.45, 7) is 15.1. The number of carbonyl (C=O) groups excluding carboxylic acids is 5. The van der Waals surface area contributed by atoms with Gasteiger partial charge in [-0.25, -0.2) is 4.79 Å². The summed E-state index contributed by atoms with van der Waals surface area (Å²) in [6, 6.07) is 17.6. The molecule has 0 aromatic heterocycles. The summed E-state index contributed by atoms with van der Waals surface area (Å²) in [6.07, 6.45) is -5.36. The molecule has 0 radical (unpaired) electrons. The van der Waals surface area contributed by atoms with Gasteiger partial charge in [-0.3, -0.25) is 19.2 Å². The summed E-state index contributed by atoms with van der Waals surface area (Å²) < 4.78 is 30.9. The number of esters is 5. The number of carbonyl (C=O) groups is 5. The van der Waals surface area contributed by atoms with Crippen LogP contribution in [0.15, 0.2) is 84.0 Å². The van der Waals surface area contributed by atoms with Crippen molar-refractivity contribution in [1.82, 2.24) is 4.90 Å². The van der Waals surface area contributed by atoms with E-state index in [2.05, 4.69) is 6.58 Å². The van der Waals surface area contributed by atoms with Crippen LogP contribution in [0.25, 0.3) is 0 Å². The van der Waals surface area contributed by atoms with Crippen molar-refractivity contribution in [1.29, 1.82) is 0 Å². The Hall–Kier alpha value is -4.81. The van der Waals surface area contributed by atoms with Crippen molar-refractivity contribution >= 4 is 29.8 Å². The number of hydrogen-bond donors (Lipinski definition) is 1. The number of ether oxygens (including phenoxy) is 5. The van der Waals surface area contributed by atoms with Crippen LogP contribution in [0.2, 0.25) is 0 Å². The van der Waals surface area contributed by atoms with Crippen molar-refractivity contribution in [3.63, 3.8) is 0 Å². The number of benzene rings is 2. The minimum Gasteiger partial charge on any atom is -0.462 e. The molecule has 5 rings (SSSR count). The third-order valence-corrected chi connectivity index (χ3v) is 12.2. The summed E-state index contributed by atoms with van der Waals surface area (Å²) in [5, 5.41) is 12.3. The zero-order valence-corrected chi connectivity index (χ0v) is 33.8. The van der Waals surface area contributed by atoms with Gasteiger partial charge in [0.15, 0.2) is 12.2 Å². The largest absolute Gasteiger partial charge is 0.462 e. The van der Waals surface area contributed by atoms with Gasteiger partial charge in [0.25, 0.3) is 0 Å².